The van der Waals surface area contributed by atoms with Crippen molar-refractivity contribution in [3.8, 4) is 0 Å². The van der Waals surface area contributed by atoms with Gasteiger partial charge in [0, 0.05) is 46.2 Å². The van der Waals surface area contributed by atoms with E-state index < -0.39 is 0 Å². The Kier molecular flexibility index (Phi) is 5.15. The van der Waals surface area contributed by atoms with Gasteiger partial charge in [-0.3, -0.25) is 19.2 Å². The molecule has 6 nitrogen and oxygen atoms in total. The molecule has 0 saturated carbocycles. The molecule has 0 amide bonds. The van der Waals surface area contributed by atoms with E-state index in [4.69, 9.17) is 0 Å². The average molecular weight is 545 g/mol. The first-order valence-electron chi connectivity index (χ1n) is 13.7. The third kappa shape index (κ3) is 3.32. The van der Waals surface area contributed by atoms with E-state index >= 15 is 0 Å². The summed E-state index contributed by atoms with van der Waals surface area (Å²) in [6.45, 7) is 0. The summed E-state index contributed by atoms with van der Waals surface area (Å²) in [6.07, 6.45) is 0.581. The maximum Gasteiger partial charge on any atom is 0.198 e. The second-order valence-corrected chi connectivity index (χ2v) is 10.7. The van der Waals surface area contributed by atoms with E-state index in [1.54, 1.807) is 48.5 Å². The van der Waals surface area contributed by atoms with E-state index in [1.807, 2.05) is 48.5 Å². The second-order valence-electron chi connectivity index (χ2n) is 10.7. The molecule has 0 spiro atoms. The number of carbonyl (C=O) groups excluding carboxylic acids is 4. The number of allylic oxidation sites excluding steroid dienone is 4. The van der Waals surface area contributed by atoms with Crippen LogP contribution in [0.25, 0.3) is 11.1 Å². The molecule has 0 unspecified atom stereocenters. The van der Waals surface area contributed by atoms with Gasteiger partial charge in [0.2, 0.25) is 0 Å². The predicted molar refractivity (Wildman–Crippen MR) is 159 cm³/mol. The minimum absolute atomic E-state index is 0.192. The molecule has 4 aromatic carbocycles. The molecular weight excluding hydrogens is 524 g/mol. The molecule has 0 bridgehead atoms. The molecule has 42 heavy (non-hydrogen) atoms. The zero-order valence-corrected chi connectivity index (χ0v) is 22.2. The highest BCUT2D eigenvalue weighted by molar-refractivity contribution is 6.44. The highest BCUT2D eigenvalue weighted by Crippen LogP contribution is 2.42. The van der Waals surface area contributed by atoms with Crippen LogP contribution in [0.15, 0.2) is 118 Å². The summed E-state index contributed by atoms with van der Waals surface area (Å²) >= 11 is 0. The van der Waals surface area contributed by atoms with E-state index in [9.17, 15) is 19.2 Å². The summed E-state index contributed by atoms with van der Waals surface area (Å²) in [5.74, 6) is -1.05. The van der Waals surface area contributed by atoms with Gasteiger partial charge in [0.05, 0.1) is 22.6 Å². The Bertz CT molecular complexity index is 1880. The summed E-state index contributed by atoms with van der Waals surface area (Å²) in [5.41, 5.74) is 7.95. The lowest BCUT2D eigenvalue weighted by molar-refractivity contribution is 0.0974. The van der Waals surface area contributed by atoms with Gasteiger partial charge in [-0.15, -0.1) is 0 Å². The van der Waals surface area contributed by atoms with Crippen LogP contribution in [0.5, 0.6) is 0 Å². The van der Waals surface area contributed by atoms with Crippen LogP contribution in [0.4, 0.5) is 0 Å². The SMILES string of the molecule is O=C1C(=C2C/C(=N/N=C3/CC(=C4C(=O)c5ccccc5C4=O)c4ccccc43)c3ccccc32)C(=O)c2ccccc21. The summed E-state index contributed by atoms with van der Waals surface area (Å²) in [4.78, 5) is 53.2. The Labute approximate surface area is 240 Å². The van der Waals surface area contributed by atoms with Gasteiger partial charge in [0.1, 0.15) is 0 Å². The largest absolute Gasteiger partial charge is 0.288 e. The molecule has 4 aromatic rings. The van der Waals surface area contributed by atoms with Gasteiger partial charge in [0.15, 0.2) is 23.1 Å². The molecule has 0 saturated heterocycles. The molecule has 198 valence electrons. The maximum absolute atomic E-state index is 13.3. The number of carbonyl (C=O) groups is 4. The molecule has 0 atom stereocenters. The van der Waals surface area contributed by atoms with Crippen molar-refractivity contribution in [3.05, 3.63) is 153 Å². The van der Waals surface area contributed by atoms with Gasteiger partial charge in [-0.2, -0.15) is 10.2 Å². The number of nitrogens with zero attached hydrogens (tertiary/aromatic N) is 2. The van der Waals surface area contributed by atoms with Crippen molar-refractivity contribution >= 4 is 45.7 Å². The van der Waals surface area contributed by atoms with Crippen LogP contribution in [0, 0.1) is 0 Å². The van der Waals surface area contributed by atoms with Crippen molar-refractivity contribution in [1.82, 2.24) is 0 Å². The lowest BCUT2D eigenvalue weighted by Crippen LogP contribution is -2.04. The van der Waals surface area contributed by atoms with Gasteiger partial charge in [-0.1, -0.05) is 97.1 Å². The van der Waals surface area contributed by atoms with Crippen molar-refractivity contribution in [2.75, 3.05) is 0 Å². The Morgan fingerprint density at radius 3 is 0.929 bits per heavy atom. The minimum atomic E-state index is -0.263. The summed E-state index contributed by atoms with van der Waals surface area (Å²) in [6, 6.07) is 29.0. The lowest BCUT2D eigenvalue weighted by atomic mass is 9.98. The highest BCUT2D eigenvalue weighted by Gasteiger charge is 2.40. The minimum Gasteiger partial charge on any atom is -0.288 e. The maximum atomic E-state index is 13.3. The lowest BCUT2D eigenvalue weighted by Gasteiger charge is -2.03. The van der Waals surface area contributed by atoms with Crippen LogP contribution < -0.4 is 0 Å². The van der Waals surface area contributed by atoms with E-state index in [1.165, 1.54) is 0 Å². The molecule has 4 aliphatic carbocycles. The topological polar surface area (TPSA) is 93.0 Å². The van der Waals surface area contributed by atoms with Gasteiger partial charge < -0.3 is 0 Å². The smallest absolute Gasteiger partial charge is 0.198 e. The monoisotopic (exact) mass is 544 g/mol. The Morgan fingerprint density at radius 2 is 0.619 bits per heavy atom. The number of hydrogen-bond donors (Lipinski definition) is 0. The molecule has 0 fully saturated rings. The number of benzene rings is 4. The first kappa shape index (κ1) is 24.2. The van der Waals surface area contributed by atoms with Crippen molar-refractivity contribution in [1.29, 1.82) is 0 Å². The van der Waals surface area contributed by atoms with Gasteiger partial charge in [-0.05, 0) is 22.3 Å². The van der Waals surface area contributed by atoms with Crippen LogP contribution in [0.1, 0.15) is 76.5 Å². The van der Waals surface area contributed by atoms with Crippen LogP contribution in [-0.4, -0.2) is 34.6 Å². The normalized spacial score (nSPS) is 18.9. The summed E-state index contributed by atoms with van der Waals surface area (Å²) in [5, 5.41) is 9.32. The third-order valence-corrected chi connectivity index (χ3v) is 8.45. The Balaban J connectivity index is 1.22. The molecule has 0 aliphatic heterocycles. The molecule has 0 heterocycles. The molecule has 0 radical (unpaired) electrons. The fraction of sp³-hybridized carbons (Fsp3) is 0.0556. The first-order chi connectivity index (χ1) is 20.5. The van der Waals surface area contributed by atoms with Crippen LogP contribution >= 0.6 is 0 Å². The number of ketones is 4. The van der Waals surface area contributed by atoms with Crippen molar-refractivity contribution < 1.29 is 19.2 Å². The zero-order chi connectivity index (χ0) is 28.5. The number of hydrogen-bond acceptors (Lipinski definition) is 6. The van der Waals surface area contributed by atoms with Gasteiger partial charge >= 0.3 is 0 Å². The van der Waals surface area contributed by atoms with E-state index in [-0.39, 0.29) is 34.3 Å². The summed E-state index contributed by atoms with van der Waals surface area (Å²) < 4.78 is 0. The number of rotatable bonds is 1. The van der Waals surface area contributed by atoms with Gasteiger partial charge in [0.25, 0.3) is 0 Å². The first-order valence-corrected chi connectivity index (χ1v) is 13.7. The van der Waals surface area contributed by atoms with Crippen LogP contribution in [0.2, 0.25) is 0 Å². The highest BCUT2D eigenvalue weighted by atomic mass is 16.2. The Morgan fingerprint density at radius 1 is 0.357 bits per heavy atom. The van der Waals surface area contributed by atoms with Crippen molar-refractivity contribution in [3.63, 3.8) is 0 Å². The van der Waals surface area contributed by atoms with Crippen molar-refractivity contribution in [2.45, 2.75) is 12.8 Å². The van der Waals surface area contributed by atoms with E-state index in [0.29, 0.717) is 57.7 Å². The summed E-state index contributed by atoms with van der Waals surface area (Å²) in [7, 11) is 0. The zero-order valence-electron chi connectivity index (χ0n) is 22.2. The molecular formula is C36H20N2O4. The fourth-order valence-electron chi connectivity index (χ4n) is 6.51. The molecule has 0 N–H and O–H groups in total. The quantitative estimate of drug-likeness (QED) is 0.159. The van der Waals surface area contributed by atoms with E-state index in [2.05, 4.69) is 10.2 Å². The fourth-order valence-corrected chi connectivity index (χ4v) is 6.51. The standard InChI is InChI=1S/C36H20N2O4/c39-33-23-13-5-6-14-24(23)34(40)31(33)27-17-29(21-11-3-1-9-19(21)27)37-38-30-18-28(20-10-2-4-12-22(20)30)32-35(41)25-15-7-8-16-26(25)36(32)42/h1-16H,17-18H2/b37-29-,38-30-. The average Bonchev–Trinajstić information content (AvgIpc) is 3.72. The van der Waals surface area contributed by atoms with Crippen LogP contribution in [0.3, 0.4) is 0 Å². The molecule has 4 aliphatic rings. The van der Waals surface area contributed by atoms with Crippen LogP contribution in [-0.2, 0) is 0 Å². The Hall–Kier alpha value is -5.62. The second kappa shape index (κ2) is 8.94. The molecule has 6 heteroatoms. The third-order valence-electron chi connectivity index (χ3n) is 8.45. The number of Topliss-reactive ketones (excluding diaryl/α,β-unsaturated/α-hetero) is 4. The number of fused-ring (bicyclic) bond motifs is 4. The molecule has 8 rings (SSSR count). The van der Waals surface area contributed by atoms with Gasteiger partial charge in [-0.25, -0.2) is 0 Å². The predicted octanol–water partition coefficient (Wildman–Crippen LogP) is 6.35. The van der Waals surface area contributed by atoms with E-state index in [0.717, 1.165) is 22.3 Å². The molecule has 0 aromatic heterocycles. The van der Waals surface area contributed by atoms with Crippen molar-refractivity contribution in [2.24, 2.45) is 10.2 Å².